The Hall–Kier alpha value is -1.55. The molecule has 1 fully saturated rings. The number of β-amino-alcohol motifs (C(OH)–C–C–N with tert-alkyl or cyclic N) is 1. The fraction of sp³-hybridized carbons (Fsp3) is 0.417. The predicted molar refractivity (Wildman–Crippen MR) is 63.7 cm³/mol. The van der Waals surface area contributed by atoms with Crippen molar-refractivity contribution in [3.8, 4) is 0 Å². The van der Waals surface area contributed by atoms with Gasteiger partial charge in [-0.3, -0.25) is 4.79 Å². The molecule has 0 radical (unpaired) electrons. The van der Waals surface area contributed by atoms with Crippen LogP contribution in [0, 0.1) is 0 Å². The van der Waals surface area contributed by atoms with Crippen molar-refractivity contribution >= 4 is 17.3 Å². The third-order valence-electron chi connectivity index (χ3n) is 2.78. The molecule has 1 heterocycles. The first kappa shape index (κ1) is 11.0. The molecular weight excluding hydrogens is 204 g/mol. The largest absolute Gasteiger partial charge is 0.391 e. The molecule has 0 aliphatic carbocycles. The standard InChI is InChI=1S/C12H16N2O2/c1-13(2)9-3-5-10(6-4-9)14-8-11(15)7-12(14)16/h3-6,11,15H,7-8H2,1-2H3. The van der Waals surface area contributed by atoms with Crippen molar-refractivity contribution in [2.45, 2.75) is 12.5 Å². The van der Waals surface area contributed by atoms with Gasteiger partial charge in [0, 0.05) is 25.5 Å². The fourth-order valence-corrected chi connectivity index (χ4v) is 1.87. The molecule has 0 aromatic heterocycles. The van der Waals surface area contributed by atoms with E-state index in [4.69, 9.17) is 0 Å². The molecule has 1 aromatic carbocycles. The van der Waals surface area contributed by atoms with Crippen LogP contribution in [0.2, 0.25) is 0 Å². The summed E-state index contributed by atoms with van der Waals surface area (Å²) in [6.07, 6.45) is -0.295. The van der Waals surface area contributed by atoms with E-state index in [9.17, 15) is 9.90 Å². The first-order valence-electron chi connectivity index (χ1n) is 5.34. The molecule has 2 rings (SSSR count). The van der Waals surface area contributed by atoms with Gasteiger partial charge < -0.3 is 14.9 Å². The van der Waals surface area contributed by atoms with E-state index in [1.54, 1.807) is 4.90 Å². The third kappa shape index (κ3) is 2.02. The van der Waals surface area contributed by atoms with Crippen LogP contribution in [0.1, 0.15) is 6.42 Å². The van der Waals surface area contributed by atoms with Crippen molar-refractivity contribution in [3.63, 3.8) is 0 Å². The monoisotopic (exact) mass is 220 g/mol. The number of carbonyl (C=O) groups is 1. The molecule has 86 valence electrons. The minimum atomic E-state index is -0.527. The summed E-state index contributed by atoms with van der Waals surface area (Å²) < 4.78 is 0. The van der Waals surface area contributed by atoms with Crippen LogP contribution >= 0.6 is 0 Å². The van der Waals surface area contributed by atoms with Crippen LogP contribution in [0.4, 0.5) is 11.4 Å². The number of aliphatic hydroxyl groups is 1. The van der Waals surface area contributed by atoms with Crippen molar-refractivity contribution in [2.24, 2.45) is 0 Å². The van der Waals surface area contributed by atoms with Crippen molar-refractivity contribution in [1.82, 2.24) is 0 Å². The van der Waals surface area contributed by atoms with Gasteiger partial charge in [0.1, 0.15) is 0 Å². The van der Waals surface area contributed by atoms with Crippen molar-refractivity contribution in [3.05, 3.63) is 24.3 Å². The van der Waals surface area contributed by atoms with Crippen LogP contribution in [0.25, 0.3) is 0 Å². The summed E-state index contributed by atoms with van der Waals surface area (Å²) >= 11 is 0. The molecule has 4 nitrogen and oxygen atoms in total. The van der Waals surface area contributed by atoms with Gasteiger partial charge in [-0.2, -0.15) is 0 Å². The Balaban J connectivity index is 2.19. The maximum atomic E-state index is 11.6. The average molecular weight is 220 g/mol. The summed E-state index contributed by atoms with van der Waals surface area (Å²) in [4.78, 5) is 15.2. The highest BCUT2D eigenvalue weighted by atomic mass is 16.3. The SMILES string of the molecule is CN(C)c1ccc(N2CC(O)CC2=O)cc1. The van der Waals surface area contributed by atoms with Crippen molar-refractivity contribution in [2.75, 3.05) is 30.4 Å². The molecule has 4 heteroatoms. The normalized spacial score (nSPS) is 20.3. The molecule has 1 amide bonds. The lowest BCUT2D eigenvalue weighted by molar-refractivity contribution is -0.117. The van der Waals surface area contributed by atoms with Crippen molar-refractivity contribution in [1.29, 1.82) is 0 Å². The molecule has 1 aliphatic rings. The van der Waals surface area contributed by atoms with E-state index in [1.165, 1.54) is 0 Å². The number of benzene rings is 1. The van der Waals surface area contributed by atoms with Crippen LogP contribution in [-0.4, -0.2) is 37.8 Å². The second-order valence-electron chi connectivity index (χ2n) is 4.27. The second kappa shape index (κ2) is 4.14. The summed E-state index contributed by atoms with van der Waals surface area (Å²) in [7, 11) is 3.94. The number of amides is 1. The fourth-order valence-electron chi connectivity index (χ4n) is 1.87. The maximum Gasteiger partial charge on any atom is 0.229 e. The van der Waals surface area contributed by atoms with Gasteiger partial charge in [-0.25, -0.2) is 0 Å². The van der Waals surface area contributed by atoms with Gasteiger partial charge in [0.15, 0.2) is 0 Å². The van der Waals surface area contributed by atoms with E-state index in [1.807, 2.05) is 43.3 Å². The third-order valence-corrected chi connectivity index (χ3v) is 2.78. The minimum absolute atomic E-state index is 0.00916. The summed E-state index contributed by atoms with van der Waals surface area (Å²) in [5.74, 6) is -0.00916. The van der Waals surface area contributed by atoms with E-state index >= 15 is 0 Å². The zero-order chi connectivity index (χ0) is 11.7. The second-order valence-corrected chi connectivity index (χ2v) is 4.27. The van der Waals surface area contributed by atoms with E-state index in [2.05, 4.69) is 0 Å². The molecule has 0 spiro atoms. The molecule has 16 heavy (non-hydrogen) atoms. The predicted octanol–water partition coefficient (Wildman–Crippen LogP) is 0.850. The topological polar surface area (TPSA) is 43.8 Å². The lowest BCUT2D eigenvalue weighted by Crippen LogP contribution is -2.25. The van der Waals surface area contributed by atoms with Gasteiger partial charge in [0.25, 0.3) is 0 Å². The zero-order valence-corrected chi connectivity index (χ0v) is 9.55. The van der Waals surface area contributed by atoms with Gasteiger partial charge >= 0.3 is 0 Å². The maximum absolute atomic E-state index is 11.6. The lowest BCUT2D eigenvalue weighted by Gasteiger charge is -2.18. The molecule has 0 saturated carbocycles. The molecule has 1 aromatic rings. The number of rotatable bonds is 2. The van der Waals surface area contributed by atoms with E-state index in [0.29, 0.717) is 6.54 Å². The quantitative estimate of drug-likeness (QED) is 0.803. The van der Waals surface area contributed by atoms with Crippen LogP contribution < -0.4 is 9.80 Å². The van der Waals surface area contributed by atoms with Crippen LogP contribution in [0.3, 0.4) is 0 Å². The Morgan fingerprint density at radius 3 is 2.38 bits per heavy atom. The minimum Gasteiger partial charge on any atom is -0.391 e. The molecule has 1 N–H and O–H groups in total. The highest BCUT2D eigenvalue weighted by Crippen LogP contribution is 2.23. The number of anilines is 2. The molecule has 1 unspecified atom stereocenters. The van der Waals surface area contributed by atoms with Crippen LogP contribution in [0.15, 0.2) is 24.3 Å². The van der Waals surface area contributed by atoms with Gasteiger partial charge in [0.2, 0.25) is 5.91 Å². The number of aliphatic hydroxyl groups excluding tert-OH is 1. The number of hydrogen-bond donors (Lipinski definition) is 1. The summed E-state index contributed by atoms with van der Waals surface area (Å²) in [6.45, 7) is 0.403. The summed E-state index contributed by atoms with van der Waals surface area (Å²) in [5.41, 5.74) is 1.95. The average Bonchev–Trinajstić information content (AvgIpc) is 2.58. The zero-order valence-electron chi connectivity index (χ0n) is 9.55. The molecule has 1 atom stereocenters. The van der Waals surface area contributed by atoms with E-state index in [-0.39, 0.29) is 12.3 Å². The highest BCUT2D eigenvalue weighted by molar-refractivity contribution is 5.96. The van der Waals surface area contributed by atoms with Gasteiger partial charge in [-0.1, -0.05) is 0 Å². The Morgan fingerprint density at radius 1 is 1.31 bits per heavy atom. The van der Waals surface area contributed by atoms with E-state index < -0.39 is 6.10 Å². The highest BCUT2D eigenvalue weighted by Gasteiger charge is 2.28. The first-order chi connectivity index (χ1) is 7.58. The van der Waals surface area contributed by atoms with Crippen LogP contribution in [-0.2, 0) is 4.79 Å². The number of nitrogens with zero attached hydrogens (tertiary/aromatic N) is 2. The molecule has 1 saturated heterocycles. The summed E-state index contributed by atoms with van der Waals surface area (Å²) in [6, 6.07) is 7.75. The molecule has 1 aliphatic heterocycles. The Bertz CT molecular complexity index is 387. The Labute approximate surface area is 95.1 Å². The molecular formula is C12H16N2O2. The Kier molecular flexibility index (Phi) is 2.83. The molecule has 0 bridgehead atoms. The van der Waals surface area contributed by atoms with Gasteiger partial charge in [-0.05, 0) is 24.3 Å². The lowest BCUT2D eigenvalue weighted by atomic mass is 10.2. The van der Waals surface area contributed by atoms with Crippen molar-refractivity contribution < 1.29 is 9.90 Å². The van der Waals surface area contributed by atoms with Gasteiger partial charge in [0.05, 0.1) is 19.1 Å². The summed E-state index contributed by atoms with van der Waals surface area (Å²) in [5, 5.41) is 9.40. The Morgan fingerprint density at radius 2 is 1.94 bits per heavy atom. The van der Waals surface area contributed by atoms with Gasteiger partial charge in [-0.15, -0.1) is 0 Å². The number of carbonyl (C=O) groups excluding carboxylic acids is 1. The number of hydrogen-bond acceptors (Lipinski definition) is 3. The van der Waals surface area contributed by atoms with E-state index in [0.717, 1.165) is 11.4 Å². The smallest absolute Gasteiger partial charge is 0.229 e. The van der Waals surface area contributed by atoms with Crippen LogP contribution in [0.5, 0.6) is 0 Å². The first-order valence-corrected chi connectivity index (χ1v) is 5.34.